The number of aromatic hydroxyl groups is 1. The number of fused-ring (bicyclic) bond motifs is 1. The van der Waals surface area contributed by atoms with Crippen LogP contribution in [0.4, 0.5) is 0 Å². The molecule has 1 aromatic heterocycles. The molecule has 0 spiro atoms. The second kappa shape index (κ2) is 4.75. The number of pyridine rings is 1. The van der Waals surface area contributed by atoms with E-state index in [-0.39, 0.29) is 11.7 Å². The Labute approximate surface area is 110 Å². The second-order valence-corrected chi connectivity index (χ2v) is 5.05. The maximum atomic E-state index is 10.1. The number of ether oxygens (including phenoxy) is 1. The smallest absolute Gasteiger partial charge is 0.138 e. The maximum absolute atomic E-state index is 10.1. The van der Waals surface area contributed by atoms with Crippen LogP contribution in [0.1, 0.15) is 24.5 Å². The van der Waals surface area contributed by atoms with Crippen LogP contribution in [0.15, 0.2) is 24.3 Å². The monoisotopic (exact) mass is 263 g/mol. The summed E-state index contributed by atoms with van der Waals surface area (Å²) in [4.78, 5) is 4.57. The zero-order valence-corrected chi connectivity index (χ0v) is 10.7. The van der Waals surface area contributed by atoms with Crippen molar-refractivity contribution in [1.82, 2.24) is 4.98 Å². The van der Waals surface area contributed by atoms with Gasteiger partial charge >= 0.3 is 0 Å². The molecule has 1 aromatic carbocycles. The quantitative estimate of drug-likeness (QED) is 0.856. The first-order chi connectivity index (χ1) is 8.74. The van der Waals surface area contributed by atoms with Crippen molar-refractivity contribution in [2.75, 3.05) is 13.2 Å². The van der Waals surface area contributed by atoms with Crippen molar-refractivity contribution in [3.8, 4) is 5.75 Å². The molecule has 3 nitrogen and oxygen atoms in total. The molecule has 0 unspecified atom stereocenters. The highest BCUT2D eigenvalue weighted by Gasteiger charge is 2.21. The summed E-state index contributed by atoms with van der Waals surface area (Å²) in [5.41, 5.74) is 1.61. The summed E-state index contributed by atoms with van der Waals surface area (Å²) in [7, 11) is 0. The SMILES string of the molecule is Oc1cc2ccc(Cl)cc2nc1C1CCOCC1. The first-order valence-electron chi connectivity index (χ1n) is 6.11. The third-order valence-corrected chi connectivity index (χ3v) is 3.63. The Balaban J connectivity index is 2.07. The average Bonchev–Trinajstić information content (AvgIpc) is 2.39. The van der Waals surface area contributed by atoms with Crippen LogP contribution in [0.5, 0.6) is 5.75 Å². The van der Waals surface area contributed by atoms with E-state index in [1.807, 2.05) is 12.1 Å². The van der Waals surface area contributed by atoms with E-state index in [9.17, 15) is 5.11 Å². The molecular formula is C14H14ClNO2. The van der Waals surface area contributed by atoms with Gasteiger partial charge in [0.15, 0.2) is 0 Å². The lowest BCUT2D eigenvalue weighted by Gasteiger charge is -2.22. The summed E-state index contributed by atoms with van der Waals surface area (Å²) in [6.07, 6.45) is 1.82. The van der Waals surface area contributed by atoms with Gasteiger partial charge in [-0.2, -0.15) is 0 Å². The minimum atomic E-state index is 0.275. The van der Waals surface area contributed by atoms with Crippen LogP contribution >= 0.6 is 11.6 Å². The number of nitrogens with zero attached hydrogens (tertiary/aromatic N) is 1. The van der Waals surface area contributed by atoms with Gasteiger partial charge in [-0.05, 0) is 31.0 Å². The lowest BCUT2D eigenvalue weighted by atomic mass is 9.95. The zero-order valence-electron chi connectivity index (χ0n) is 9.90. The van der Waals surface area contributed by atoms with E-state index >= 15 is 0 Å². The molecule has 2 heterocycles. The van der Waals surface area contributed by atoms with E-state index < -0.39 is 0 Å². The van der Waals surface area contributed by atoms with Gasteiger partial charge in [0.25, 0.3) is 0 Å². The van der Waals surface area contributed by atoms with E-state index in [0.29, 0.717) is 5.02 Å². The highest BCUT2D eigenvalue weighted by molar-refractivity contribution is 6.31. The number of rotatable bonds is 1. The minimum Gasteiger partial charge on any atom is -0.506 e. The number of aromatic nitrogens is 1. The predicted molar refractivity (Wildman–Crippen MR) is 71.2 cm³/mol. The molecule has 18 heavy (non-hydrogen) atoms. The molecule has 4 heteroatoms. The Morgan fingerprint density at radius 2 is 2.00 bits per heavy atom. The molecule has 3 rings (SSSR count). The number of halogens is 1. The summed E-state index contributed by atoms with van der Waals surface area (Å²) in [6, 6.07) is 7.28. The molecule has 94 valence electrons. The summed E-state index contributed by atoms with van der Waals surface area (Å²) in [6.45, 7) is 1.47. The molecule has 2 aromatic rings. The van der Waals surface area contributed by atoms with Crippen molar-refractivity contribution < 1.29 is 9.84 Å². The Morgan fingerprint density at radius 3 is 2.78 bits per heavy atom. The molecule has 1 fully saturated rings. The van der Waals surface area contributed by atoms with E-state index in [4.69, 9.17) is 16.3 Å². The molecule has 0 aliphatic carbocycles. The highest BCUT2D eigenvalue weighted by atomic mass is 35.5. The Bertz CT molecular complexity index is 579. The van der Waals surface area contributed by atoms with Crippen molar-refractivity contribution >= 4 is 22.5 Å². The number of benzene rings is 1. The van der Waals surface area contributed by atoms with Crippen molar-refractivity contribution in [3.63, 3.8) is 0 Å². The van der Waals surface area contributed by atoms with Crippen LogP contribution in [0, 0.1) is 0 Å². The first-order valence-corrected chi connectivity index (χ1v) is 6.49. The number of hydrogen-bond donors (Lipinski definition) is 1. The Hall–Kier alpha value is -1.32. The maximum Gasteiger partial charge on any atom is 0.138 e. The van der Waals surface area contributed by atoms with Gasteiger partial charge in [-0.1, -0.05) is 17.7 Å². The van der Waals surface area contributed by atoms with Gasteiger partial charge in [0.2, 0.25) is 0 Å². The van der Waals surface area contributed by atoms with Gasteiger partial charge in [-0.25, -0.2) is 4.98 Å². The lowest BCUT2D eigenvalue weighted by Crippen LogP contribution is -2.15. The third-order valence-electron chi connectivity index (χ3n) is 3.40. The third kappa shape index (κ3) is 2.16. The molecule has 0 atom stereocenters. The number of hydrogen-bond acceptors (Lipinski definition) is 3. The minimum absolute atomic E-state index is 0.275. The molecule has 1 aliphatic heterocycles. The van der Waals surface area contributed by atoms with Gasteiger partial charge in [0.1, 0.15) is 5.75 Å². The van der Waals surface area contributed by atoms with E-state index in [1.165, 1.54) is 0 Å². The first kappa shape index (κ1) is 11.8. The fourth-order valence-corrected chi connectivity index (χ4v) is 2.58. The van der Waals surface area contributed by atoms with Crippen molar-refractivity contribution in [1.29, 1.82) is 0 Å². The van der Waals surface area contributed by atoms with Crippen LogP contribution in [-0.2, 0) is 4.74 Å². The second-order valence-electron chi connectivity index (χ2n) is 4.62. The fraction of sp³-hybridized carbons (Fsp3) is 0.357. The van der Waals surface area contributed by atoms with Gasteiger partial charge in [-0.15, -0.1) is 0 Å². The van der Waals surface area contributed by atoms with Crippen LogP contribution in [0.3, 0.4) is 0 Å². The molecule has 1 saturated heterocycles. The predicted octanol–water partition coefficient (Wildman–Crippen LogP) is 3.49. The molecule has 1 N–H and O–H groups in total. The van der Waals surface area contributed by atoms with Crippen LogP contribution in [0.2, 0.25) is 5.02 Å². The molecule has 0 amide bonds. The van der Waals surface area contributed by atoms with Gasteiger partial charge in [0, 0.05) is 29.5 Å². The highest BCUT2D eigenvalue weighted by Crippen LogP contribution is 2.34. The Kier molecular flexibility index (Phi) is 3.10. The largest absolute Gasteiger partial charge is 0.506 e. The summed E-state index contributed by atoms with van der Waals surface area (Å²) in [5, 5.41) is 11.7. The normalized spacial score (nSPS) is 17.2. The van der Waals surface area contributed by atoms with Gasteiger partial charge < -0.3 is 9.84 Å². The standard InChI is InChI=1S/C14H14ClNO2/c15-11-2-1-10-7-13(17)14(16-12(10)8-11)9-3-5-18-6-4-9/h1-2,7-9,17H,3-6H2. The summed E-state index contributed by atoms with van der Waals surface area (Å²) in [5.74, 6) is 0.554. The topological polar surface area (TPSA) is 42.4 Å². The van der Waals surface area contributed by atoms with Crippen molar-refractivity contribution in [2.45, 2.75) is 18.8 Å². The van der Waals surface area contributed by atoms with Crippen LogP contribution in [-0.4, -0.2) is 23.3 Å². The molecule has 1 aliphatic rings. The van der Waals surface area contributed by atoms with Crippen molar-refractivity contribution in [2.24, 2.45) is 0 Å². The average molecular weight is 264 g/mol. The Morgan fingerprint density at radius 1 is 1.22 bits per heavy atom. The molecule has 0 radical (unpaired) electrons. The van der Waals surface area contributed by atoms with E-state index in [1.54, 1.807) is 12.1 Å². The lowest BCUT2D eigenvalue weighted by molar-refractivity contribution is 0.0840. The van der Waals surface area contributed by atoms with E-state index in [2.05, 4.69) is 4.98 Å². The zero-order chi connectivity index (χ0) is 12.5. The summed E-state index contributed by atoms with van der Waals surface area (Å²) >= 11 is 5.97. The van der Waals surface area contributed by atoms with Gasteiger partial charge in [0.05, 0.1) is 11.2 Å². The van der Waals surface area contributed by atoms with Gasteiger partial charge in [-0.3, -0.25) is 0 Å². The summed E-state index contributed by atoms with van der Waals surface area (Å²) < 4.78 is 5.34. The molecular weight excluding hydrogens is 250 g/mol. The molecule has 0 saturated carbocycles. The molecule has 0 bridgehead atoms. The van der Waals surface area contributed by atoms with Crippen LogP contribution in [0.25, 0.3) is 10.9 Å². The fourth-order valence-electron chi connectivity index (χ4n) is 2.42. The van der Waals surface area contributed by atoms with Crippen molar-refractivity contribution in [3.05, 3.63) is 35.0 Å². The van der Waals surface area contributed by atoms with E-state index in [0.717, 1.165) is 42.7 Å². The van der Waals surface area contributed by atoms with Crippen LogP contribution < -0.4 is 0 Å².